The maximum absolute atomic E-state index is 11.4. The van der Waals surface area contributed by atoms with Crippen molar-refractivity contribution in [3.63, 3.8) is 0 Å². The van der Waals surface area contributed by atoms with Gasteiger partial charge in [0.15, 0.2) is 0 Å². The van der Waals surface area contributed by atoms with Crippen LogP contribution in [0.25, 0.3) is 22.2 Å². The first-order valence-corrected chi connectivity index (χ1v) is 12.5. The summed E-state index contributed by atoms with van der Waals surface area (Å²) in [6.45, 7) is 3.68. The molecule has 0 atom stereocenters. The van der Waals surface area contributed by atoms with Crippen molar-refractivity contribution in [3.05, 3.63) is 42.4 Å². The third kappa shape index (κ3) is 4.17. The quantitative estimate of drug-likeness (QED) is 0.581. The lowest BCUT2D eigenvalue weighted by Gasteiger charge is -2.42. The molecule has 1 aliphatic carbocycles. The van der Waals surface area contributed by atoms with E-state index in [1.807, 2.05) is 24.3 Å². The molecule has 2 aliphatic rings. The van der Waals surface area contributed by atoms with Crippen LogP contribution in [-0.2, 0) is 16.4 Å². The first-order valence-electron chi connectivity index (χ1n) is 10.8. The summed E-state index contributed by atoms with van der Waals surface area (Å²) in [7, 11) is -3.50. The second kappa shape index (κ2) is 7.89. The molecule has 1 saturated carbocycles. The summed E-state index contributed by atoms with van der Waals surface area (Å²) in [5.41, 5.74) is 10.0. The molecule has 1 aliphatic heterocycles. The van der Waals surface area contributed by atoms with E-state index in [-0.39, 0.29) is 5.75 Å². The Bertz CT molecular complexity index is 1210. The molecule has 2 aromatic heterocycles. The number of primary sulfonamides is 1. The van der Waals surface area contributed by atoms with Crippen molar-refractivity contribution in [2.45, 2.75) is 31.7 Å². The number of hydrogen-bond donors (Lipinski definition) is 2. The summed E-state index contributed by atoms with van der Waals surface area (Å²) in [6.07, 6.45) is 7.66. The van der Waals surface area contributed by atoms with Gasteiger partial charge >= 0.3 is 0 Å². The summed E-state index contributed by atoms with van der Waals surface area (Å²) in [6, 6.07) is 8.29. The SMILES string of the molecule is Nc1ncnc2c1c(-c1cccc(CCS(N)(=O)=O)c1)cn2C1CC(CN2CCC2)C1. The molecule has 31 heavy (non-hydrogen) atoms. The van der Waals surface area contributed by atoms with Crippen molar-refractivity contribution in [1.82, 2.24) is 19.4 Å². The molecule has 0 amide bonds. The highest BCUT2D eigenvalue weighted by Crippen LogP contribution is 2.43. The van der Waals surface area contributed by atoms with Gasteiger partial charge < -0.3 is 15.2 Å². The lowest BCUT2D eigenvalue weighted by Crippen LogP contribution is -2.43. The average Bonchev–Trinajstić information content (AvgIpc) is 3.04. The molecule has 1 saturated heterocycles. The molecule has 9 heteroatoms. The number of nitrogen functional groups attached to an aromatic ring is 1. The van der Waals surface area contributed by atoms with Gasteiger partial charge in [0.2, 0.25) is 10.0 Å². The van der Waals surface area contributed by atoms with Crippen molar-refractivity contribution >= 4 is 26.9 Å². The van der Waals surface area contributed by atoms with E-state index in [0.29, 0.717) is 18.3 Å². The number of sulfonamides is 1. The smallest absolute Gasteiger partial charge is 0.209 e. The molecule has 4 N–H and O–H groups in total. The highest BCUT2D eigenvalue weighted by atomic mass is 32.2. The lowest BCUT2D eigenvalue weighted by atomic mass is 9.79. The highest BCUT2D eigenvalue weighted by Gasteiger charge is 2.34. The molecule has 0 spiro atoms. The second-order valence-electron chi connectivity index (χ2n) is 8.87. The number of rotatable bonds is 7. The minimum absolute atomic E-state index is 0.0794. The predicted octanol–water partition coefficient (Wildman–Crippen LogP) is 2.17. The number of hydrogen-bond acceptors (Lipinski definition) is 6. The number of anilines is 1. The lowest BCUT2D eigenvalue weighted by molar-refractivity contribution is 0.0921. The number of aryl methyl sites for hydroxylation is 1. The van der Waals surface area contributed by atoms with Crippen molar-refractivity contribution in [1.29, 1.82) is 0 Å². The minimum atomic E-state index is -3.50. The van der Waals surface area contributed by atoms with Crippen LogP contribution in [-0.4, -0.2) is 53.2 Å². The van der Waals surface area contributed by atoms with Crippen LogP contribution in [0.3, 0.4) is 0 Å². The molecule has 3 heterocycles. The minimum Gasteiger partial charge on any atom is -0.383 e. The van der Waals surface area contributed by atoms with E-state index in [9.17, 15) is 8.42 Å². The monoisotopic (exact) mass is 440 g/mol. The van der Waals surface area contributed by atoms with Gasteiger partial charge in [-0.1, -0.05) is 24.3 Å². The Morgan fingerprint density at radius 1 is 1.16 bits per heavy atom. The third-order valence-corrected chi connectivity index (χ3v) is 7.39. The van der Waals surface area contributed by atoms with Gasteiger partial charge in [-0.25, -0.2) is 23.5 Å². The Labute approximate surface area is 182 Å². The molecule has 1 aromatic carbocycles. The predicted molar refractivity (Wildman–Crippen MR) is 122 cm³/mol. The third-order valence-electron chi connectivity index (χ3n) is 6.62. The van der Waals surface area contributed by atoms with Crippen LogP contribution >= 0.6 is 0 Å². The fraction of sp³-hybridized carbons (Fsp3) is 0.455. The average molecular weight is 441 g/mol. The van der Waals surface area contributed by atoms with E-state index in [0.717, 1.165) is 46.5 Å². The molecule has 2 fully saturated rings. The molecular weight excluding hydrogens is 412 g/mol. The van der Waals surface area contributed by atoms with E-state index in [1.165, 1.54) is 32.4 Å². The Balaban J connectivity index is 1.44. The molecule has 5 rings (SSSR count). The zero-order chi connectivity index (χ0) is 21.6. The van der Waals surface area contributed by atoms with Gasteiger partial charge in [0.1, 0.15) is 17.8 Å². The van der Waals surface area contributed by atoms with Crippen molar-refractivity contribution < 1.29 is 8.42 Å². The first kappa shape index (κ1) is 20.4. The summed E-state index contributed by atoms with van der Waals surface area (Å²) >= 11 is 0. The summed E-state index contributed by atoms with van der Waals surface area (Å²) in [5.74, 6) is 1.13. The maximum Gasteiger partial charge on any atom is 0.209 e. The molecule has 0 radical (unpaired) electrons. The van der Waals surface area contributed by atoms with Crippen LogP contribution in [0.1, 0.15) is 30.9 Å². The standard InChI is InChI=1S/C22H28N6O2S/c23-21-20-19(17-4-1-3-15(9-17)5-8-31(24,29)30)13-28(22(20)26-14-25-21)18-10-16(11-18)12-27-6-2-7-27/h1,3-4,9,13-14,16,18H,2,5-8,10-12H2,(H2,23,25,26)(H2,24,29,30). The van der Waals surface area contributed by atoms with E-state index in [2.05, 4.69) is 25.6 Å². The fourth-order valence-corrected chi connectivity index (χ4v) is 5.29. The molecule has 8 nitrogen and oxygen atoms in total. The van der Waals surface area contributed by atoms with E-state index in [4.69, 9.17) is 10.9 Å². The van der Waals surface area contributed by atoms with Crippen molar-refractivity contribution in [2.75, 3.05) is 31.1 Å². The summed E-state index contributed by atoms with van der Waals surface area (Å²) in [5, 5.41) is 6.03. The van der Waals surface area contributed by atoms with Gasteiger partial charge in [-0.3, -0.25) is 0 Å². The maximum atomic E-state index is 11.4. The van der Waals surface area contributed by atoms with Gasteiger partial charge in [0, 0.05) is 24.3 Å². The van der Waals surface area contributed by atoms with Crippen LogP contribution in [0.15, 0.2) is 36.8 Å². The topological polar surface area (TPSA) is 120 Å². The fourth-order valence-electron chi connectivity index (χ4n) is 4.77. The number of benzene rings is 1. The van der Waals surface area contributed by atoms with Crippen LogP contribution in [0.4, 0.5) is 5.82 Å². The summed E-state index contributed by atoms with van der Waals surface area (Å²) < 4.78 is 25.0. The van der Waals surface area contributed by atoms with Crippen molar-refractivity contribution in [2.24, 2.45) is 11.1 Å². The summed E-state index contributed by atoms with van der Waals surface area (Å²) in [4.78, 5) is 11.3. The Morgan fingerprint density at radius 2 is 1.97 bits per heavy atom. The molecule has 164 valence electrons. The van der Waals surface area contributed by atoms with Crippen molar-refractivity contribution in [3.8, 4) is 11.1 Å². The zero-order valence-corrected chi connectivity index (χ0v) is 18.3. The van der Waals surface area contributed by atoms with Gasteiger partial charge in [-0.05, 0) is 55.8 Å². The van der Waals surface area contributed by atoms with Crippen LogP contribution in [0.5, 0.6) is 0 Å². The van der Waals surface area contributed by atoms with Crippen LogP contribution in [0.2, 0.25) is 0 Å². The molecule has 0 bridgehead atoms. The number of aromatic nitrogens is 3. The number of nitrogens with zero attached hydrogens (tertiary/aromatic N) is 4. The van der Waals surface area contributed by atoms with E-state index < -0.39 is 10.0 Å². The van der Waals surface area contributed by atoms with Crippen LogP contribution in [0, 0.1) is 5.92 Å². The van der Waals surface area contributed by atoms with Crippen LogP contribution < -0.4 is 10.9 Å². The van der Waals surface area contributed by atoms with E-state index in [1.54, 1.807) is 0 Å². The molecule has 3 aromatic rings. The number of nitrogens with two attached hydrogens (primary N) is 2. The number of fused-ring (bicyclic) bond motifs is 1. The van der Waals surface area contributed by atoms with Gasteiger partial charge in [0.05, 0.1) is 11.1 Å². The second-order valence-corrected chi connectivity index (χ2v) is 10.6. The highest BCUT2D eigenvalue weighted by molar-refractivity contribution is 7.89. The Kier molecular flexibility index (Phi) is 5.19. The zero-order valence-electron chi connectivity index (χ0n) is 17.4. The molecular formula is C22H28N6O2S. The largest absolute Gasteiger partial charge is 0.383 e. The Morgan fingerprint density at radius 3 is 2.68 bits per heavy atom. The van der Waals surface area contributed by atoms with Gasteiger partial charge in [0.25, 0.3) is 0 Å². The molecule has 0 unspecified atom stereocenters. The Hall–Kier alpha value is -2.49. The first-order chi connectivity index (χ1) is 14.9. The van der Waals surface area contributed by atoms with Gasteiger partial charge in [-0.15, -0.1) is 0 Å². The van der Waals surface area contributed by atoms with E-state index >= 15 is 0 Å². The normalized spacial score (nSPS) is 21.7. The number of likely N-dealkylation sites (tertiary alicyclic amines) is 1. The van der Waals surface area contributed by atoms with Gasteiger partial charge in [-0.2, -0.15) is 0 Å².